The lowest BCUT2D eigenvalue weighted by molar-refractivity contribution is 0.969. The van der Waals surface area contributed by atoms with E-state index in [-0.39, 0.29) is 0 Å². The summed E-state index contributed by atoms with van der Waals surface area (Å²) in [6.45, 7) is 0.600. The van der Waals surface area contributed by atoms with Crippen LogP contribution in [0.15, 0.2) is 29.4 Å². The van der Waals surface area contributed by atoms with Gasteiger partial charge in [0, 0.05) is 0 Å². The molecule has 0 spiro atoms. The van der Waals surface area contributed by atoms with Crippen molar-refractivity contribution in [1.29, 1.82) is 0 Å². The van der Waals surface area contributed by atoms with E-state index in [1.54, 1.807) is 12.1 Å². The molecule has 0 saturated carbocycles. The van der Waals surface area contributed by atoms with Crippen molar-refractivity contribution in [2.24, 2.45) is 10.9 Å². The molecular formula is C8H10N2O. The van der Waals surface area contributed by atoms with Crippen LogP contribution in [0.25, 0.3) is 0 Å². The first kappa shape index (κ1) is 7.88. The Morgan fingerprint density at radius 3 is 2.91 bits per heavy atom. The summed E-state index contributed by atoms with van der Waals surface area (Å²) in [7, 11) is 0. The van der Waals surface area contributed by atoms with Crippen LogP contribution in [0, 0.1) is 4.91 Å². The molecule has 0 fully saturated rings. The summed E-state index contributed by atoms with van der Waals surface area (Å²) in [5, 5.41) is 2.82. The molecule has 11 heavy (non-hydrogen) atoms. The monoisotopic (exact) mass is 150 g/mol. The molecule has 3 heteroatoms. The third-order valence-electron chi connectivity index (χ3n) is 1.45. The van der Waals surface area contributed by atoms with Crippen molar-refractivity contribution in [3.63, 3.8) is 0 Å². The van der Waals surface area contributed by atoms with E-state index < -0.39 is 0 Å². The van der Waals surface area contributed by atoms with Crippen LogP contribution < -0.4 is 5.73 Å². The van der Waals surface area contributed by atoms with E-state index in [0.717, 1.165) is 12.0 Å². The predicted octanol–water partition coefficient (Wildman–Crippen LogP) is 1.59. The molecule has 58 valence electrons. The molecule has 0 aliphatic carbocycles. The van der Waals surface area contributed by atoms with Crippen molar-refractivity contribution in [2.75, 3.05) is 6.54 Å². The quantitative estimate of drug-likeness (QED) is 0.665. The Morgan fingerprint density at radius 2 is 2.27 bits per heavy atom. The molecule has 0 aliphatic rings. The van der Waals surface area contributed by atoms with Crippen LogP contribution in [0.5, 0.6) is 0 Å². The second-order valence-electron chi connectivity index (χ2n) is 2.30. The van der Waals surface area contributed by atoms with E-state index in [1.807, 2.05) is 12.1 Å². The van der Waals surface area contributed by atoms with E-state index in [2.05, 4.69) is 5.18 Å². The van der Waals surface area contributed by atoms with Gasteiger partial charge >= 0.3 is 0 Å². The minimum Gasteiger partial charge on any atom is -0.330 e. The number of hydrogen-bond acceptors (Lipinski definition) is 3. The topological polar surface area (TPSA) is 55.4 Å². The van der Waals surface area contributed by atoms with Gasteiger partial charge in [0.25, 0.3) is 0 Å². The second-order valence-corrected chi connectivity index (χ2v) is 2.30. The smallest absolute Gasteiger partial charge is 0.108 e. The molecule has 0 aromatic heterocycles. The maximum Gasteiger partial charge on any atom is 0.108 e. The lowest BCUT2D eigenvalue weighted by atomic mass is 10.1. The maximum atomic E-state index is 10.1. The molecule has 0 unspecified atom stereocenters. The average molecular weight is 150 g/mol. The summed E-state index contributed by atoms with van der Waals surface area (Å²) in [4.78, 5) is 10.1. The third-order valence-corrected chi connectivity index (χ3v) is 1.45. The largest absolute Gasteiger partial charge is 0.330 e. The molecule has 0 heterocycles. The van der Waals surface area contributed by atoms with Gasteiger partial charge < -0.3 is 5.73 Å². The highest BCUT2D eigenvalue weighted by atomic mass is 16.3. The summed E-state index contributed by atoms with van der Waals surface area (Å²) < 4.78 is 0. The van der Waals surface area contributed by atoms with Gasteiger partial charge in [0.05, 0.1) is 0 Å². The highest BCUT2D eigenvalue weighted by Gasteiger charge is 1.93. The molecule has 0 aliphatic heterocycles. The molecule has 2 N–H and O–H groups in total. The van der Waals surface area contributed by atoms with E-state index in [1.165, 1.54) is 0 Å². The summed E-state index contributed by atoms with van der Waals surface area (Å²) in [5.74, 6) is 0. The summed E-state index contributed by atoms with van der Waals surface area (Å²) in [6, 6.07) is 7.16. The van der Waals surface area contributed by atoms with Crippen LogP contribution in [0.4, 0.5) is 5.69 Å². The Morgan fingerprint density at radius 1 is 1.45 bits per heavy atom. The van der Waals surface area contributed by atoms with Gasteiger partial charge in [-0.25, -0.2) is 0 Å². The zero-order valence-electron chi connectivity index (χ0n) is 6.16. The van der Waals surface area contributed by atoms with Crippen molar-refractivity contribution in [3.05, 3.63) is 34.7 Å². The number of benzene rings is 1. The van der Waals surface area contributed by atoms with Crippen molar-refractivity contribution >= 4 is 5.69 Å². The Kier molecular flexibility index (Phi) is 2.74. The molecule has 3 nitrogen and oxygen atoms in total. The number of nitrogens with zero attached hydrogens (tertiary/aromatic N) is 1. The van der Waals surface area contributed by atoms with Gasteiger partial charge in [-0.3, -0.25) is 0 Å². The molecule has 0 radical (unpaired) electrons. The molecule has 1 rings (SSSR count). The Bertz CT molecular complexity index is 248. The Labute approximate surface area is 65.2 Å². The number of rotatable bonds is 3. The zero-order chi connectivity index (χ0) is 8.10. The SMILES string of the molecule is NCCc1cccc(N=O)c1. The number of hydrogen-bond donors (Lipinski definition) is 1. The first-order chi connectivity index (χ1) is 5.36. The Hall–Kier alpha value is -1.22. The van der Waals surface area contributed by atoms with E-state index >= 15 is 0 Å². The van der Waals surface area contributed by atoms with Crippen LogP contribution in [-0.4, -0.2) is 6.54 Å². The van der Waals surface area contributed by atoms with Crippen molar-refractivity contribution in [3.8, 4) is 0 Å². The van der Waals surface area contributed by atoms with E-state index in [0.29, 0.717) is 12.2 Å². The van der Waals surface area contributed by atoms with E-state index in [4.69, 9.17) is 5.73 Å². The predicted molar refractivity (Wildman–Crippen MR) is 44.7 cm³/mol. The lowest BCUT2D eigenvalue weighted by Crippen LogP contribution is -2.01. The van der Waals surface area contributed by atoms with Gasteiger partial charge in [0.1, 0.15) is 5.69 Å². The van der Waals surface area contributed by atoms with Crippen LogP contribution in [-0.2, 0) is 6.42 Å². The number of nitrogens with two attached hydrogens (primary N) is 1. The van der Waals surface area contributed by atoms with Crippen LogP contribution in [0.3, 0.4) is 0 Å². The molecule has 0 atom stereocenters. The number of nitroso groups, excluding NO2 is 1. The summed E-state index contributed by atoms with van der Waals surface area (Å²) in [5.41, 5.74) is 6.87. The molecule has 1 aromatic carbocycles. The van der Waals surface area contributed by atoms with Gasteiger partial charge in [-0.15, -0.1) is 4.91 Å². The third kappa shape index (κ3) is 2.13. The lowest BCUT2D eigenvalue weighted by Gasteiger charge is -1.96. The van der Waals surface area contributed by atoms with Crippen LogP contribution >= 0.6 is 0 Å². The summed E-state index contributed by atoms with van der Waals surface area (Å²) in [6.07, 6.45) is 0.795. The fraction of sp³-hybridized carbons (Fsp3) is 0.250. The minimum absolute atomic E-state index is 0.468. The highest BCUT2D eigenvalue weighted by molar-refractivity contribution is 5.39. The zero-order valence-corrected chi connectivity index (χ0v) is 6.16. The Balaban J connectivity index is 2.82. The van der Waals surface area contributed by atoms with E-state index in [9.17, 15) is 4.91 Å². The first-order valence-corrected chi connectivity index (χ1v) is 3.49. The standard InChI is InChI=1S/C8H10N2O/c9-5-4-7-2-1-3-8(6-7)10-11/h1-3,6H,4-5,9H2. The van der Waals surface area contributed by atoms with Gasteiger partial charge in [-0.2, -0.15) is 0 Å². The molecule has 0 saturated heterocycles. The van der Waals surface area contributed by atoms with Crippen molar-refractivity contribution < 1.29 is 0 Å². The van der Waals surface area contributed by atoms with Crippen LogP contribution in [0.2, 0.25) is 0 Å². The second kappa shape index (κ2) is 3.83. The molecule has 0 bridgehead atoms. The van der Waals surface area contributed by atoms with Gasteiger partial charge in [-0.05, 0) is 35.8 Å². The van der Waals surface area contributed by atoms with Gasteiger partial charge in [-0.1, -0.05) is 12.1 Å². The molecule has 1 aromatic rings. The van der Waals surface area contributed by atoms with Crippen molar-refractivity contribution in [1.82, 2.24) is 0 Å². The van der Waals surface area contributed by atoms with Gasteiger partial charge in [0.2, 0.25) is 0 Å². The van der Waals surface area contributed by atoms with Gasteiger partial charge in [0.15, 0.2) is 0 Å². The maximum absolute atomic E-state index is 10.1. The average Bonchev–Trinajstić information content (AvgIpc) is 2.06. The molecular weight excluding hydrogens is 140 g/mol. The van der Waals surface area contributed by atoms with Crippen LogP contribution in [0.1, 0.15) is 5.56 Å². The summed E-state index contributed by atoms with van der Waals surface area (Å²) >= 11 is 0. The first-order valence-electron chi connectivity index (χ1n) is 3.49. The fourth-order valence-electron chi connectivity index (χ4n) is 0.935. The highest BCUT2D eigenvalue weighted by Crippen LogP contribution is 2.13. The molecule has 0 amide bonds. The normalized spacial score (nSPS) is 9.55. The fourth-order valence-corrected chi connectivity index (χ4v) is 0.935. The minimum atomic E-state index is 0.468. The van der Waals surface area contributed by atoms with Crippen molar-refractivity contribution in [2.45, 2.75) is 6.42 Å².